The van der Waals surface area contributed by atoms with Crippen molar-refractivity contribution in [3.05, 3.63) is 95.6 Å². The Labute approximate surface area is 324 Å². The number of nitrogens with two attached hydrogens (primary N) is 2. The number of benzene rings is 2. The summed E-state index contributed by atoms with van der Waals surface area (Å²) in [6.07, 6.45) is 4.36. The van der Waals surface area contributed by atoms with Crippen LogP contribution in [0.5, 0.6) is 0 Å². The van der Waals surface area contributed by atoms with Crippen LogP contribution in [0.15, 0.2) is 73.1 Å². The van der Waals surface area contributed by atoms with E-state index in [0.717, 1.165) is 22.3 Å². The summed E-state index contributed by atoms with van der Waals surface area (Å²) < 4.78 is 9.44. The Morgan fingerprint density at radius 1 is 0.696 bits per heavy atom. The van der Waals surface area contributed by atoms with E-state index in [9.17, 15) is 28.8 Å². The second-order valence-electron chi connectivity index (χ2n) is 14.0. The Balaban J connectivity index is 0.000000214. The van der Waals surface area contributed by atoms with Gasteiger partial charge in [-0.1, -0.05) is 31.2 Å². The van der Waals surface area contributed by atoms with E-state index in [0.29, 0.717) is 40.3 Å². The SMILES string of the molecule is COC(=O)Cc1ccc2c(c1)NC(=O)[C@H](C)C(=O)CC[C@H](N)c1cc-2ccn1.COC(=O)Cc1ccc2c(c1)NC(=O)[C@H](C)CC(=O)C[C@H](N)c1cc-2ccn1. The minimum Gasteiger partial charge on any atom is -0.469 e. The first-order valence-corrected chi connectivity index (χ1v) is 18.3. The third kappa shape index (κ3) is 10.3. The van der Waals surface area contributed by atoms with Crippen molar-refractivity contribution < 1.29 is 38.2 Å². The Kier molecular flexibility index (Phi) is 13.5. The molecule has 0 spiro atoms. The number of ketones is 2. The maximum atomic E-state index is 12.6. The number of carbonyl (C=O) groups is 6. The molecular weight excluding hydrogens is 716 g/mol. The van der Waals surface area contributed by atoms with Crippen molar-refractivity contribution in [2.75, 3.05) is 24.9 Å². The summed E-state index contributed by atoms with van der Waals surface area (Å²) in [6.45, 7) is 3.30. The molecule has 2 aliphatic rings. The highest BCUT2D eigenvalue weighted by Gasteiger charge is 2.26. The molecule has 0 unspecified atom stereocenters. The molecule has 2 aliphatic heterocycles. The van der Waals surface area contributed by atoms with Crippen molar-refractivity contribution in [1.29, 1.82) is 0 Å². The van der Waals surface area contributed by atoms with Gasteiger partial charge in [-0.15, -0.1) is 0 Å². The van der Waals surface area contributed by atoms with Crippen LogP contribution in [0, 0.1) is 11.8 Å². The van der Waals surface area contributed by atoms with Gasteiger partial charge in [-0.05, 0) is 72.0 Å². The molecule has 4 atom stereocenters. The van der Waals surface area contributed by atoms with Gasteiger partial charge in [0, 0.05) is 66.1 Å². The number of anilines is 2. The zero-order valence-corrected chi connectivity index (χ0v) is 31.8. The summed E-state index contributed by atoms with van der Waals surface area (Å²) in [4.78, 5) is 81.8. The third-order valence-electron chi connectivity index (χ3n) is 9.79. The van der Waals surface area contributed by atoms with Crippen molar-refractivity contribution in [3.8, 4) is 22.3 Å². The average molecular weight is 763 g/mol. The molecule has 4 aromatic rings. The topological polar surface area (TPSA) is 223 Å². The number of amides is 2. The van der Waals surface area contributed by atoms with Crippen molar-refractivity contribution >= 4 is 46.7 Å². The number of methoxy groups -OCH3 is 2. The van der Waals surface area contributed by atoms with Gasteiger partial charge in [0.2, 0.25) is 11.8 Å². The number of ether oxygens (including phenoxy) is 2. The fourth-order valence-corrected chi connectivity index (χ4v) is 6.40. The smallest absolute Gasteiger partial charge is 0.309 e. The lowest BCUT2D eigenvalue weighted by atomic mass is 9.94. The second kappa shape index (κ2) is 18.5. The first kappa shape index (κ1) is 41.1. The minimum absolute atomic E-state index is 0.0809. The molecule has 0 aliphatic carbocycles. The number of fused-ring (bicyclic) bond motifs is 8. The van der Waals surface area contributed by atoms with Gasteiger partial charge >= 0.3 is 11.9 Å². The molecule has 6 rings (SSSR count). The molecule has 0 saturated heterocycles. The summed E-state index contributed by atoms with van der Waals surface area (Å²) in [5.74, 6) is -2.93. The lowest BCUT2D eigenvalue weighted by Gasteiger charge is -2.19. The summed E-state index contributed by atoms with van der Waals surface area (Å²) in [5.41, 5.74) is 19.4. The van der Waals surface area contributed by atoms with Crippen LogP contribution in [0.25, 0.3) is 22.3 Å². The number of nitrogens with one attached hydrogen (secondary N) is 2. The van der Waals surface area contributed by atoms with E-state index in [2.05, 4.69) is 20.6 Å². The normalized spacial score (nSPS) is 19.7. The van der Waals surface area contributed by atoms with Gasteiger partial charge in [-0.3, -0.25) is 38.7 Å². The van der Waals surface area contributed by atoms with E-state index in [1.807, 2.05) is 48.5 Å². The second-order valence-corrected chi connectivity index (χ2v) is 14.0. The molecule has 292 valence electrons. The van der Waals surface area contributed by atoms with Crippen molar-refractivity contribution in [2.45, 2.75) is 64.5 Å². The van der Waals surface area contributed by atoms with Crippen molar-refractivity contribution in [1.82, 2.24) is 9.97 Å². The van der Waals surface area contributed by atoms with Gasteiger partial charge in [-0.25, -0.2) is 0 Å². The van der Waals surface area contributed by atoms with Crippen LogP contribution in [0.2, 0.25) is 0 Å². The van der Waals surface area contributed by atoms with Crippen LogP contribution in [0.4, 0.5) is 11.4 Å². The highest BCUT2D eigenvalue weighted by molar-refractivity contribution is 6.08. The minimum atomic E-state index is -0.796. The molecule has 4 heterocycles. The molecule has 0 radical (unpaired) electrons. The monoisotopic (exact) mass is 762 g/mol. The van der Waals surface area contributed by atoms with E-state index in [-0.39, 0.29) is 73.5 Å². The zero-order chi connectivity index (χ0) is 40.5. The first-order valence-electron chi connectivity index (χ1n) is 18.3. The van der Waals surface area contributed by atoms with Gasteiger partial charge in [0.05, 0.1) is 50.4 Å². The lowest BCUT2D eigenvalue weighted by molar-refractivity contribution is -0.140. The fraction of sp³-hybridized carbons (Fsp3) is 0.333. The number of aromatic nitrogens is 2. The van der Waals surface area contributed by atoms with E-state index in [4.69, 9.17) is 20.9 Å². The number of pyridine rings is 2. The lowest BCUT2D eigenvalue weighted by Crippen LogP contribution is -2.28. The molecule has 2 aromatic carbocycles. The highest BCUT2D eigenvalue weighted by atomic mass is 16.5. The third-order valence-corrected chi connectivity index (χ3v) is 9.79. The Hall–Kier alpha value is -6.12. The Morgan fingerprint density at radius 3 is 1.71 bits per heavy atom. The highest BCUT2D eigenvalue weighted by Crippen LogP contribution is 2.34. The van der Waals surface area contributed by atoms with Gasteiger partial charge in [0.1, 0.15) is 11.6 Å². The van der Waals surface area contributed by atoms with Gasteiger partial charge in [0.15, 0.2) is 0 Å². The van der Waals surface area contributed by atoms with Gasteiger partial charge in [0.25, 0.3) is 0 Å². The van der Waals surface area contributed by atoms with Crippen molar-refractivity contribution in [2.24, 2.45) is 23.3 Å². The number of esters is 2. The fourth-order valence-electron chi connectivity index (χ4n) is 6.40. The van der Waals surface area contributed by atoms with Gasteiger partial charge in [-0.2, -0.15) is 0 Å². The number of Topliss-reactive ketones (excluding diaryl/α,β-unsaturated/α-hetero) is 2. The average Bonchev–Trinajstić information content (AvgIpc) is 3.19. The first-order chi connectivity index (χ1) is 26.8. The summed E-state index contributed by atoms with van der Waals surface area (Å²) >= 11 is 0. The maximum Gasteiger partial charge on any atom is 0.309 e. The molecule has 0 fully saturated rings. The van der Waals surface area contributed by atoms with Crippen LogP contribution in [0.3, 0.4) is 0 Å². The van der Waals surface area contributed by atoms with Crippen LogP contribution >= 0.6 is 0 Å². The molecule has 2 aromatic heterocycles. The predicted octanol–water partition coefficient (Wildman–Crippen LogP) is 4.80. The summed E-state index contributed by atoms with van der Waals surface area (Å²) in [6, 6.07) is 17.2. The summed E-state index contributed by atoms with van der Waals surface area (Å²) in [7, 11) is 2.66. The zero-order valence-electron chi connectivity index (χ0n) is 31.8. The van der Waals surface area contributed by atoms with Crippen LogP contribution < -0.4 is 22.1 Å². The molecule has 56 heavy (non-hydrogen) atoms. The number of hydrogen-bond donors (Lipinski definition) is 4. The molecule has 4 bridgehead atoms. The Morgan fingerprint density at radius 2 is 1.20 bits per heavy atom. The number of hydrogen-bond acceptors (Lipinski definition) is 12. The van der Waals surface area contributed by atoms with Crippen LogP contribution in [-0.2, 0) is 51.1 Å². The predicted molar refractivity (Wildman–Crippen MR) is 209 cm³/mol. The van der Waals surface area contributed by atoms with E-state index in [1.54, 1.807) is 38.4 Å². The molecule has 6 N–H and O–H groups in total. The molecular formula is C42H46N6O8. The van der Waals surface area contributed by atoms with Crippen LogP contribution in [0.1, 0.15) is 74.1 Å². The number of rotatable bonds is 4. The largest absolute Gasteiger partial charge is 0.469 e. The standard InChI is InChI=1S/2C21H23N3O4/c1-12-7-15(25)11-17(22)19-10-14(5-6-23-19)16-4-3-13(9-20(26)28-2)8-18(16)24-21(12)27;1-12-19(25)6-5-16(22)18-11-14(7-8-23-18)15-4-3-13(10-20(26)28-2)9-17(15)24-21(12)27/h3-6,8,10,12,17H,7,9,11,22H2,1-2H3,(H,24,27);3-4,7-9,11-12,16H,5-6,10,22H2,1-2H3,(H,24,27)/t12-,17+;12-,16+/m11/s1. The van der Waals surface area contributed by atoms with E-state index >= 15 is 0 Å². The molecule has 14 nitrogen and oxygen atoms in total. The molecule has 2 amide bonds. The maximum absolute atomic E-state index is 12.6. The molecule has 0 saturated carbocycles. The van der Waals surface area contributed by atoms with Crippen molar-refractivity contribution in [3.63, 3.8) is 0 Å². The Bertz CT molecular complexity index is 2150. The molecule has 14 heteroatoms. The van der Waals surface area contributed by atoms with Gasteiger partial charge < -0.3 is 31.6 Å². The number of nitrogens with zero attached hydrogens (tertiary/aromatic N) is 2. The van der Waals surface area contributed by atoms with Crippen LogP contribution in [-0.4, -0.2) is 59.5 Å². The van der Waals surface area contributed by atoms with E-state index in [1.165, 1.54) is 14.2 Å². The summed E-state index contributed by atoms with van der Waals surface area (Å²) in [5, 5.41) is 5.75. The quantitative estimate of drug-likeness (QED) is 0.163. The van der Waals surface area contributed by atoms with E-state index < -0.39 is 17.9 Å². The number of carbonyl (C=O) groups excluding carboxylic acids is 6.